The molecule has 18 heavy (non-hydrogen) atoms. The van der Waals surface area contributed by atoms with Crippen molar-refractivity contribution >= 4 is 23.1 Å². The van der Waals surface area contributed by atoms with Crippen LogP contribution in [-0.2, 0) is 0 Å². The number of aryl methyl sites for hydroxylation is 1. The van der Waals surface area contributed by atoms with Crippen molar-refractivity contribution in [2.24, 2.45) is 0 Å². The van der Waals surface area contributed by atoms with E-state index in [4.69, 9.17) is 4.74 Å². The van der Waals surface area contributed by atoms with Gasteiger partial charge in [0.2, 0.25) is 0 Å². The van der Waals surface area contributed by atoms with Gasteiger partial charge in [0, 0.05) is 0 Å². The molecule has 0 aliphatic rings. The van der Waals surface area contributed by atoms with Gasteiger partial charge in [-0.05, 0) is 37.4 Å². The molecule has 0 aliphatic heterocycles. The SMILES string of the molecule is CC(=O)c1cc(C)ccc1OC(=O)c1cccs1. The molecule has 0 radical (unpaired) electrons. The molecular weight excluding hydrogens is 248 g/mol. The average Bonchev–Trinajstić information content (AvgIpc) is 2.84. The summed E-state index contributed by atoms with van der Waals surface area (Å²) in [5, 5.41) is 1.80. The van der Waals surface area contributed by atoms with Gasteiger partial charge in [0.1, 0.15) is 10.6 Å². The van der Waals surface area contributed by atoms with Crippen LogP contribution < -0.4 is 4.74 Å². The van der Waals surface area contributed by atoms with Crippen molar-refractivity contribution < 1.29 is 14.3 Å². The predicted octanol–water partition coefficient (Wildman–Crippen LogP) is 3.48. The second kappa shape index (κ2) is 5.14. The van der Waals surface area contributed by atoms with Gasteiger partial charge in [-0.1, -0.05) is 17.7 Å². The van der Waals surface area contributed by atoms with Crippen molar-refractivity contribution in [1.82, 2.24) is 0 Å². The van der Waals surface area contributed by atoms with Crippen LogP contribution in [0.25, 0.3) is 0 Å². The lowest BCUT2D eigenvalue weighted by atomic mass is 10.1. The first kappa shape index (κ1) is 12.5. The van der Waals surface area contributed by atoms with Crippen LogP contribution in [0.3, 0.4) is 0 Å². The molecule has 1 aromatic carbocycles. The van der Waals surface area contributed by atoms with Crippen molar-refractivity contribution in [3.05, 3.63) is 51.7 Å². The molecule has 0 atom stereocenters. The Balaban J connectivity index is 2.29. The van der Waals surface area contributed by atoms with Gasteiger partial charge >= 0.3 is 5.97 Å². The molecule has 1 aromatic heterocycles. The second-order valence-electron chi connectivity index (χ2n) is 3.92. The van der Waals surface area contributed by atoms with E-state index < -0.39 is 5.97 Å². The second-order valence-corrected chi connectivity index (χ2v) is 4.87. The summed E-state index contributed by atoms with van der Waals surface area (Å²) in [7, 11) is 0. The number of benzene rings is 1. The van der Waals surface area contributed by atoms with Crippen LogP contribution >= 0.6 is 11.3 Å². The molecular formula is C14H12O3S. The van der Waals surface area contributed by atoms with Crippen LogP contribution in [0, 0.1) is 6.92 Å². The van der Waals surface area contributed by atoms with E-state index >= 15 is 0 Å². The number of hydrogen-bond donors (Lipinski definition) is 0. The molecule has 4 heteroatoms. The number of Topliss-reactive ketones (excluding diaryl/α,β-unsaturated/α-hetero) is 1. The number of esters is 1. The molecule has 92 valence electrons. The molecule has 3 nitrogen and oxygen atoms in total. The minimum atomic E-state index is -0.434. The van der Waals surface area contributed by atoms with E-state index in [9.17, 15) is 9.59 Å². The highest BCUT2D eigenvalue weighted by Gasteiger charge is 2.14. The van der Waals surface area contributed by atoms with Gasteiger partial charge in [-0.3, -0.25) is 4.79 Å². The number of hydrogen-bond acceptors (Lipinski definition) is 4. The molecule has 0 aliphatic carbocycles. The van der Waals surface area contributed by atoms with E-state index in [0.29, 0.717) is 16.2 Å². The lowest BCUT2D eigenvalue weighted by molar-refractivity contribution is 0.0738. The number of carbonyl (C=O) groups excluding carboxylic acids is 2. The quantitative estimate of drug-likeness (QED) is 0.482. The Morgan fingerprint density at radius 3 is 2.61 bits per heavy atom. The Hall–Kier alpha value is -1.94. The molecule has 1 heterocycles. The Morgan fingerprint density at radius 1 is 1.22 bits per heavy atom. The summed E-state index contributed by atoms with van der Waals surface area (Å²) >= 11 is 1.31. The van der Waals surface area contributed by atoms with Crippen LogP contribution in [0.4, 0.5) is 0 Å². The first-order valence-electron chi connectivity index (χ1n) is 5.45. The molecule has 0 unspecified atom stereocenters. The Labute approximate surface area is 109 Å². The highest BCUT2D eigenvalue weighted by atomic mass is 32.1. The normalized spacial score (nSPS) is 10.1. The standard InChI is InChI=1S/C14H12O3S/c1-9-5-6-12(11(8-9)10(2)15)17-14(16)13-4-3-7-18-13/h3-8H,1-2H3. The van der Waals surface area contributed by atoms with E-state index in [2.05, 4.69) is 0 Å². The van der Waals surface area contributed by atoms with E-state index in [1.54, 1.807) is 29.6 Å². The van der Waals surface area contributed by atoms with Crippen molar-refractivity contribution in [2.75, 3.05) is 0 Å². The summed E-state index contributed by atoms with van der Waals surface area (Å²) in [6.07, 6.45) is 0. The van der Waals surface area contributed by atoms with Gasteiger partial charge in [-0.25, -0.2) is 4.79 Å². The zero-order chi connectivity index (χ0) is 13.1. The fourth-order valence-electron chi connectivity index (χ4n) is 1.55. The van der Waals surface area contributed by atoms with Crippen LogP contribution in [0.15, 0.2) is 35.7 Å². The molecule has 0 saturated heterocycles. The van der Waals surface area contributed by atoms with Gasteiger partial charge in [-0.15, -0.1) is 11.3 Å². The van der Waals surface area contributed by atoms with Crippen LogP contribution in [-0.4, -0.2) is 11.8 Å². The van der Waals surface area contributed by atoms with Crippen LogP contribution in [0.5, 0.6) is 5.75 Å². The van der Waals surface area contributed by atoms with E-state index in [-0.39, 0.29) is 5.78 Å². The Bertz CT molecular complexity index is 585. The number of ketones is 1. The number of carbonyl (C=O) groups is 2. The first-order valence-corrected chi connectivity index (χ1v) is 6.33. The van der Waals surface area contributed by atoms with Gasteiger partial charge in [-0.2, -0.15) is 0 Å². The number of thiophene rings is 1. The highest BCUT2D eigenvalue weighted by molar-refractivity contribution is 7.12. The summed E-state index contributed by atoms with van der Waals surface area (Å²) in [6.45, 7) is 3.34. The molecule has 0 saturated carbocycles. The topological polar surface area (TPSA) is 43.4 Å². The third kappa shape index (κ3) is 2.65. The lowest BCUT2D eigenvalue weighted by Crippen LogP contribution is -2.09. The molecule has 0 amide bonds. The summed E-state index contributed by atoms with van der Waals surface area (Å²) in [4.78, 5) is 23.8. The fourth-order valence-corrected chi connectivity index (χ4v) is 2.15. The number of rotatable bonds is 3. The smallest absolute Gasteiger partial charge is 0.353 e. The van der Waals surface area contributed by atoms with Gasteiger partial charge in [0.15, 0.2) is 5.78 Å². The molecule has 0 fully saturated rings. The van der Waals surface area contributed by atoms with Crippen LogP contribution in [0.2, 0.25) is 0 Å². The third-order valence-electron chi connectivity index (χ3n) is 2.44. The molecule has 0 spiro atoms. The zero-order valence-corrected chi connectivity index (χ0v) is 10.9. The predicted molar refractivity (Wildman–Crippen MR) is 70.5 cm³/mol. The molecule has 0 bridgehead atoms. The maximum Gasteiger partial charge on any atom is 0.353 e. The largest absolute Gasteiger partial charge is 0.422 e. The zero-order valence-electron chi connectivity index (χ0n) is 10.1. The first-order chi connectivity index (χ1) is 8.58. The molecule has 2 aromatic rings. The fraction of sp³-hybridized carbons (Fsp3) is 0.143. The maximum absolute atomic E-state index is 11.8. The third-order valence-corrected chi connectivity index (χ3v) is 3.29. The van der Waals surface area contributed by atoms with Crippen molar-refractivity contribution in [2.45, 2.75) is 13.8 Å². The maximum atomic E-state index is 11.8. The minimum Gasteiger partial charge on any atom is -0.422 e. The lowest BCUT2D eigenvalue weighted by Gasteiger charge is -2.08. The van der Waals surface area contributed by atoms with Gasteiger partial charge in [0.05, 0.1) is 5.56 Å². The highest BCUT2D eigenvalue weighted by Crippen LogP contribution is 2.22. The minimum absolute atomic E-state index is 0.118. The summed E-state index contributed by atoms with van der Waals surface area (Å²) in [5.74, 6) is -0.240. The van der Waals surface area contributed by atoms with Gasteiger partial charge in [0.25, 0.3) is 0 Å². The van der Waals surface area contributed by atoms with E-state index in [1.807, 2.05) is 13.0 Å². The summed E-state index contributed by atoms with van der Waals surface area (Å²) in [5.41, 5.74) is 1.39. The Kier molecular flexibility index (Phi) is 3.58. The van der Waals surface area contributed by atoms with E-state index in [1.165, 1.54) is 18.3 Å². The summed E-state index contributed by atoms with van der Waals surface area (Å²) < 4.78 is 5.26. The summed E-state index contributed by atoms with van der Waals surface area (Å²) in [6, 6.07) is 8.65. The van der Waals surface area contributed by atoms with Crippen molar-refractivity contribution in [3.8, 4) is 5.75 Å². The molecule has 0 N–H and O–H groups in total. The Morgan fingerprint density at radius 2 is 2.00 bits per heavy atom. The monoisotopic (exact) mass is 260 g/mol. The average molecular weight is 260 g/mol. The van der Waals surface area contributed by atoms with E-state index in [0.717, 1.165) is 5.56 Å². The van der Waals surface area contributed by atoms with Gasteiger partial charge < -0.3 is 4.74 Å². The van der Waals surface area contributed by atoms with Crippen LogP contribution in [0.1, 0.15) is 32.5 Å². The number of ether oxygens (including phenoxy) is 1. The van der Waals surface area contributed by atoms with Crippen molar-refractivity contribution in [3.63, 3.8) is 0 Å². The molecule has 2 rings (SSSR count). The van der Waals surface area contributed by atoms with Crippen molar-refractivity contribution in [1.29, 1.82) is 0 Å².